The van der Waals surface area contributed by atoms with Crippen LogP contribution < -0.4 is 5.32 Å². The van der Waals surface area contributed by atoms with Crippen molar-refractivity contribution in [3.05, 3.63) is 29.1 Å². The summed E-state index contributed by atoms with van der Waals surface area (Å²) in [6.45, 7) is 0. The molecule has 2 aromatic rings. The number of carboxylic acids is 1. The van der Waals surface area contributed by atoms with Crippen molar-refractivity contribution in [2.24, 2.45) is 0 Å². The maximum atomic E-state index is 12.1. The zero-order valence-electron chi connectivity index (χ0n) is 10.5. The first-order chi connectivity index (χ1) is 10.2. The van der Waals surface area contributed by atoms with Gasteiger partial charge in [-0.25, -0.2) is 9.78 Å². The van der Waals surface area contributed by atoms with Crippen molar-refractivity contribution >= 4 is 28.3 Å². The van der Waals surface area contributed by atoms with Crippen molar-refractivity contribution in [2.75, 3.05) is 5.32 Å². The molecule has 0 radical (unpaired) electrons. The normalized spacial score (nSPS) is 11.2. The van der Waals surface area contributed by atoms with Gasteiger partial charge in [0.25, 0.3) is 0 Å². The number of aromatic carboxylic acids is 1. The van der Waals surface area contributed by atoms with Crippen LogP contribution in [0.4, 0.5) is 18.3 Å². The predicted octanol–water partition coefficient (Wildman–Crippen LogP) is 2.71. The number of benzene rings is 1. The molecule has 0 aliphatic carbocycles. The SMILES string of the molecule is O=C(O)c1ccc(O)c(-c2csc(NC(=O)C(F)(F)F)n2)c1. The Morgan fingerprint density at radius 3 is 2.55 bits per heavy atom. The number of anilines is 1. The van der Waals surface area contributed by atoms with Gasteiger partial charge in [-0.05, 0) is 18.2 Å². The quantitative estimate of drug-likeness (QED) is 0.802. The van der Waals surface area contributed by atoms with Gasteiger partial charge in [-0.15, -0.1) is 11.3 Å². The van der Waals surface area contributed by atoms with E-state index in [1.54, 1.807) is 5.32 Å². The molecule has 3 N–H and O–H groups in total. The average Bonchev–Trinajstić information content (AvgIpc) is 2.86. The van der Waals surface area contributed by atoms with E-state index in [0.29, 0.717) is 11.3 Å². The number of amides is 1. The highest BCUT2D eigenvalue weighted by atomic mass is 32.1. The second-order valence-corrected chi connectivity index (χ2v) is 4.88. The van der Waals surface area contributed by atoms with Crippen molar-refractivity contribution in [1.29, 1.82) is 0 Å². The number of hydrogen-bond acceptors (Lipinski definition) is 5. The van der Waals surface area contributed by atoms with Crippen molar-refractivity contribution in [3.8, 4) is 17.0 Å². The molecule has 0 fully saturated rings. The lowest BCUT2D eigenvalue weighted by Crippen LogP contribution is -2.29. The second kappa shape index (κ2) is 5.64. The fourth-order valence-corrected chi connectivity index (χ4v) is 2.20. The number of thiazole rings is 1. The molecule has 0 atom stereocenters. The number of rotatable bonds is 3. The lowest BCUT2D eigenvalue weighted by atomic mass is 10.1. The molecule has 2 rings (SSSR count). The monoisotopic (exact) mass is 332 g/mol. The van der Waals surface area contributed by atoms with Crippen LogP contribution in [0.25, 0.3) is 11.3 Å². The summed E-state index contributed by atoms with van der Waals surface area (Å²) in [4.78, 5) is 25.4. The Kier molecular flexibility index (Phi) is 4.04. The number of alkyl halides is 3. The Labute approximate surface area is 124 Å². The maximum Gasteiger partial charge on any atom is 0.471 e. The highest BCUT2D eigenvalue weighted by molar-refractivity contribution is 7.14. The standard InChI is InChI=1S/C12H7F3N2O4S/c13-12(14,15)10(21)17-11-16-7(4-22-11)6-3-5(9(19)20)1-2-8(6)18/h1-4,18H,(H,19,20)(H,16,17,21). The molecular formula is C12H7F3N2O4S. The fourth-order valence-electron chi connectivity index (χ4n) is 1.50. The van der Waals surface area contributed by atoms with Gasteiger partial charge in [0.05, 0.1) is 11.3 Å². The number of carbonyl (C=O) groups excluding carboxylic acids is 1. The van der Waals surface area contributed by atoms with Crippen LogP contribution in [0.3, 0.4) is 0 Å². The molecule has 0 bridgehead atoms. The number of halogens is 3. The summed E-state index contributed by atoms with van der Waals surface area (Å²) >= 11 is 0.710. The minimum Gasteiger partial charge on any atom is -0.507 e. The van der Waals surface area contributed by atoms with Crippen molar-refractivity contribution in [2.45, 2.75) is 6.18 Å². The molecule has 0 saturated heterocycles. The van der Waals surface area contributed by atoms with Crippen LogP contribution in [0.5, 0.6) is 5.75 Å². The summed E-state index contributed by atoms with van der Waals surface area (Å²) in [5.74, 6) is -3.69. The number of hydrogen-bond donors (Lipinski definition) is 3. The molecule has 0 spiro atoms. The predicted molar refractivity (Wildman–Crippen MR) is 70.9 cm³/mol. The van der Waals surface area contributed by atoms with Gasteiger partial charge < -0.3 is 10.2 Å². The van der Waals surface area contributed by atoms with Gasteiger partial charge in [0, 0.05) is 10.9 Å². The Bertz CT molecular complexity index is 742. The number of aromatic hydroxyl groups is 1. The molecule has 0 aliphatic rings. The second-order valence-electron chi connectivity index (χ2n) is 4.03. The topological polar surface area (TPSA) is 99.5 Å². The number of carbonyl (C=O) groups is 2. The lowest BCUT2D eigenvalue weighted by Gasteiger charge is -2.05. The van der Waals surface area contributed by atoms with E-state index in [1.807, 2.05) is 0 Å². The van der Waals surface area contributed by atoms with Gasteiger partial charge in [0.15, 0.2) is 5.13 Å². The van der Waals surface area contributed by atoms with Crippen LogP contribution in [0.15, 0.2) is 23.6 Å². The van der Waals surface area contributed by atoms with E-state index in [2.05, 4.69) is 4.98 Å². The number of nitrogens with zero attached hydrogens (tertiary/aromatic N) is 1. The Morgan fingerprint density at radius 1 is 1.27 bits per heavy atom. The van der Waals surface area contributed by atoms with Crippen LogP contribution in [0.1, 0.15) is 10.4 Å². The van der Waals surface area contributed by atoms with Gasteiger partial charge in [-0.3, -0.25) is 10.1 Å². The molecule has 116 valence electrons. The van der Waals surface area contributed by atoms with Gasteiger partial charge in [0.1, 0.15) is 5.75 Å². The van der Waals surface area contributed by atoms with Gasteiger partial charge in [-0.1, -0.05) is 0 Å². The third kappa shape index (κ3) is 3.34. The highest BCUT2D eigenvalue weighted by Crippen LogP contribution is 2.32. The molecular weight excluding hydrogens is 325 g/mol. The van der Waals surface area contributed by atoms with Crippen LogP contribution in [-0.2, 0) is 4.79 Å². The van der Waals surface area contributed by atoms with Gasteiger partial charge >= 0.3 is 18.1 Å². The van der Waals surface area contributed by atoms with E-state index in [0.717, 1.165) is 12.1 Å². The van der Waals surface area contributed by atoms with Crippen molar-refractivity contribution < 1.29 is 33.0 Å². The fraction of sp³-hybridized carbons (Fsp3) is 0.0833. The molecule has 1 heterocycles. The zero-order valence-corrected chi connectivity index (χ0v) is 11.3. The number of aromatic nitrogens is 1. The summed E-state index contributed by atoms with van der Waals surface area (Å²) in [7, 11) is 0. The number of phenols is 1. The van der Waals surface area contributed by atoms with Crippen molar-refractivity contribution in [3.63, 3.8) is 0 Å². The number of carboxylic acid groups (broad SMARTS) is 1. The highest BCUT2D eigenvalue weighted by Gasteiger charge is 2.39. The van der Waals surface area contributed by atoms with E-state index in [-0.39, 0.29) is 27.7 Å². The van der Waals surface area contributed by atoms with E-state index >= 15 is 0 Å². The van der Waals surface area contributed by atoms with Crippen LogP contribution >= 0.6 is 11.3 Å². The smallest absolute Gasteiger partial charge is 0.471 e. The third-order valence-corrected chi connectivity index (χ3v) is 3.26. The van der Waals surface area contributed by atoms with E-state index < -0.39 is 18.1 Å². The third-order valence-electron chi connectivity index (χ3n) is 2.50. The molecule has 1 aromatic heterocycles. The summed E-state index contributed by atoms with van der Waals surface area (Å²) in [5, 5.41) is 21.1. The number of phenolic OH excluding ortho intramolecular Hbond substituents is 1. The molecule has 0 saturated carbocycles. The first-order valence-electron chi connectivity index (χ1n) is 5.59. The minimum atomic E-state index is -5.04. The summed E-state index contributed by atoms with van der Waals surface area (Å²) in [5.41, 5.74) is -0.0478. The van der Waals surface area contributed by atoms with E-state index in [4.69, 9.17) is 5.11 Å². The Morgan fingerprint density at radius 2 is 1.95 bits per heavy atom. The molecule has 10 heteroatoms. The van der Waals surface area contributed by atoms with Crippen LogP contribution in [-0.4, -0.2) is 33.2 Å². The average molecular weight is 332 g/mol. The maximum absolute atomic E-state index is 12.1. The van der Waals surface area contributed by atoms with Crippen LogP contribution in [0.2, 0.25) is 0 Å². The first kappa shape index (κ1) is 15.8. The molecule has 1 amide bonds. The van der Waals surface area contributed by atoms with Crippen molar-refractivity contribution in [1.82, 2.24) is 4.98 Å². The zero-order chi connectivity index (χ0) is 16.5. The number of nitrogens with one attached hydrogen (secondary N) is 1. The summed E-state index contributed by atoms with van der Waals surface area (Å²) < 4.78 is 36.4. The molecule has 1 aromatic carbocycles. The Hall–Kier alpha value is -2.62. The van der Waals surface area contributed by atoms with Gasteiger partial charge in [0.2, 0.25) is 0 Å². The summed E-state index contributed by atoms with van der Waals surface area (Å²) in [6.07, 6.45) is -5.04. The summed E-state index contributed by atoms with van der Waals surface area (Å²) in [6, 6.07) is 3.42. The molecule has 0 unspecified atom stereocenters. The Balaban J connectivity index is 2.30. The van der Waals surface area contributed by atoms with E-state index in [9.17, 15) is 27.9 Å². The first-order valence-corrected chi connectivity index (χ1v) is 6.47. The van der Waals surface area contributed by atoms with Gasteiger partial charge in [-0.2, -0.15) is 13.2 Å². The van der Waals surface area contributed by atoms with Crippen LogP contribution in [0, 0.1) is 0 Å². The molecule has 0 aliphatic heterocycles. The molecule has 22 heavy (non-hydrogen) atoms. The molecule has 6 nitrogen and oxygen atoms in total. The minimum absolute atomic E-state index is 0.0312. The largest absolute Gasteiger partial charge is 0.507 e. The van der Waals surface area contributed by atoms with E-state index in [1.165, 1.54) is 11.4 Å². The lowest BCUT2D eigenvalue weighted by molar-refractivity contribution is -0.167.